The third-order valence-electron chi connectivity index (χ3n) is 4.59. The first-order chi connectivity index (χ1) is 14.7. The Balaban J connectivity index is 1.34. The van der Waals surface area contributed by atoms with Crippen LogP contribution in [0.3, 0.4) is 0 Å². The van der Waals surface area contributed by atoms with Crippen LogP contribution in [0.4, 0.5) is 5.69 Å². The van der Waals surface area contributed by atoms with Crippen LogP contribution in [0.1, 0.15) is 27.1 Å². The highest BCUT2D eigenvalue weighted by atomic mass is 32.2. The van der Waals surface area contributed by atoms with E-state index in [0.29, 0.717) is 35.8 Å². The van der Waals surface area contributed by atoms with Crippen LogP contribution in [-0.4, -0.2) is 30.7 Å². The molecule has 1 heterocycles. The van der Waals surface area contributed by atoms with Crippen LogP contribution >= 0.6 is 11.8 Å². The standard InChI is InChI=1S/C24H21NO4S/c26-21(16-30-20-11-12-22-23(15-20)29-14-4-13-28-22)17-7-9-19(10-8-17)25-24(27)18-5-2-1-3-6-18/h1-3,5-12,15H,4,13-14,16H2,(H,25,27). The lowest BCUT2D eigenvalue weighted by molar-refractivity contribution is 0.101. The fraction of sp³-hybridized carbons (Fsp3) is 0.167. The Labute approximate surface area is 179 Å². The molecule has 4 rings (SSSR count). The van der Waals surface area contributed by atoms with Crippen molar-refractivity contribution in [3.63, 3.8) is 0 Å². The molecule has 1 N–H and O–H groups in total. The fourth-order valence-electron chi connectivity index (χ4n) is 3.00. The van der Waals surface area contributed by atoms with Gasteiger partial charge in [-0.15, -0.1) is 11.8 Å². The molecule has 0 spiro atoms. The second-order valence-corrected chi connectivity index (χ2v) is 7.82. The number of carbonyl (C=O) groups is 2. The van der Waals surface area contributed by atoms with Gasteiger partial charge in [-0.2, -0.15) is 0 Å². The number of ketones is 1. The minimum atomic E-state index is -0.181. The van der Waals surface area contributed by atoms with Crippen molar-refractivity contribution in [2.75, 3.05) is 24.3 Å². The molecule has 0 radical (unpaired) electrons. The zero-order valence-electron chi connectivity index (χ0n) is 16.3. The minimum Gasteiger partial charge on any atom is -0.490 e. The highest BCUT2D eigenvalue weighted by molar-refractivity contribution is 8.00. The predicted octanol–water partition coefficient (Wildman–Crippen LogP) is 5.08. The van der Waals surface area contributed by atoms with Gasteiger partial charge < -0.3 is 14.8 Å². The SMILES string of the molecule is O=C(CSc1ccc2c(c1)OCCCO2)c1ccc(NC(=O)c2ccccc2)cc1. The summed E-state index contributed by atoms with van der Waals surface area (Å²) in [6.07, 6.45) is 0.859. The number of hydrogen-bond acceptors (Lipinski definition) is 5. The Hall–Kier alpha value is -3.25. The number of ether oxygens (including phenoxy) is 2. The molecule has 30 heavy (non-hydrogen) atoms. The maximum atomic E-state index is 12.6. The molecule has 1 aliphatic heterocycles. The average Bonchev–Trinajstić information content (AvgIpc) is 3.03. The Bertz CT molecular complexity index is 1030. The first-order valence-electron chi connectivity index (χ1n) is 9.71. The van der Waals surface area contributed by atoms with E-state index in [1.807, 2.05) is 36.4 Å². The number of carbonyl (C=O) groups excluding carboxylic acids is 2. The number of anilines is 1. The van der Waals surface area contributed by atoms with Gasteiger partial charge in [0, 0.05) is 28.1 Å². The summed E-state index contributed by atoms with van der Waals surface area (Å²) < 4.78 is 11.3. The summed E-state index contributed by atoms with van der Waals surface area (Å²) in [7, 11) is 0. The zero-order valence-corrected chi connectivity index (χ0v) is 17.1. The molecule has 1 amide bonds. The van der Waals surface area contributed by atoms with Gasteiger partial charge in [0.25, 0.3) is 5.91 Å². The molecule has 0 saturated heterocycles. The third kappa shape index (κ3) is 5.02. The van der Waals surface area contributed by atoms with Crippen molar-refractivity contribution in [1.82, 2.24) is 0 Å². The van der Waals surface area contributed by atoms with E-state index in [4.69, 9.17) is 9.47 Å². The number of nitrogens with one attached hydrogen (secondary N) is 1. The van der Waals surface area contributed by atoms with Gasteiger partial charge >= 0.3 is 0 Å². The summed E-state index contributed by atoms with van der Waals surface area (Å²) in [6, 6.07) is 21.7. The normalized spacial score (nSPS) is 12.7. The molecular weight excluding hydrogens is 398 g/mol. The number of fused-ring (bicyclic) bond motifs is 1. The van der Waals surface area contributed by atoms with Gasteiger partial charge in [0.2, 0.25) is 0 Å². The van der Waals surface area contributed by atoms with E-state index in [2.05, 4.69) is 5.32 Å². The lowest BCUT2D eigenvalue weighted by Gasteiger charge is -2.09. The molecule has 3 aromatic carbocycles. The second kappa shape index (κ2) is 9.50. The highest BCUT2D eigenvalue weighted by Crippen LogP contribution is 2.34. The van der Waals surface area contributed by atoms with Crippen molar-refractivity contribution in [2.24, 2.45) is 0 Å². The number of amides is 1. The average molecular weight is 420 g/mol. The van der Waals surface area contributed by atoms with Crippen molar-refractivity contribution < 1.29 is 19.1 Å². The van der Waals surface area contributed by atoms with E-state index in [1.54, 1.807) is 36.4 Å². The summed E-state index contributed by atoms with van der Waals surface area (Å²) in [5.74, 6) is 1.63. The van der Waals surface area contributed by atoms with E-state index in [0.717, 1.165) is 22.8 Å². The molecule has 1 aliphatic rings. The molecule has 0 unspecified atom stereocenters. The van der Waals surface area contributed by atoms with Gasteiger partial charge in [-0.1, -0.05) is 18.2 Å². The quantitative estimate of drug-likeness (QED) is 0.446. The Morgan fingerprint density at radius 1 is 0.833 bits per heavy atom. The second-order valence-electron chi connectivity index (χ2n) is 6.77. The third-order valence-corrected chi connectivity index (χ3v) is 5.58. The van der Waals surface area contributed by atoms with E-state index in [9.17, 15) is 9.59 Å². The topological polar surface area (TPSA) is 64.6 Å². The van der Waals surface area contributed by atoms with Crippen LogP contribution in [0.5, 0.6) is 11.5 Å². The van der Waals surface area contributed by atoms with Gasteiger partial charge in [-0.25, -0.2) is 0 Å². The zero-order chi connectivity index (χ0) is 20.8. The van der Waals surface area contributed by atoms with Gasteiger partial charge in [-0.3, -0.25) is 9.59 Å². The van der Waals surface area contributed by atoms with Crippen molar-refractivity contribution in [3.8, 4) is 11.5 Å². The Morgan fingerprint density at radius 3 is 2.33 bits per heavy atom. The Kier molecular flexibility index (Phi) is 6.35. The van der Waals surface area contributed by atoms with Crippen LogP contribution in [0.25, 0.3) is 0 Å². The molecule has 0 atom stereocenters. The molecule has 0 aliphatic carbocycles. The number of hydrogen-bond donors (Lipinski definition) is 1. The number of benzene rings is 3. The number of Topliss-reactive ketones (excluding diaryl/α,β-unsaturated/α-hetero) is 1. The van der Waals surface area contributed by atoms with E-state index in [-0.39, 0.29) is 11.7 Å². The number of rotatable bonds is 6. The van der Waals surface area contributed by atoms with E-state index >= 15 is 0 Å². The summed E-state index contributed by atoms with van der Waals surface area (Å²) in [6.45, 7) is 1.28. The first-order valence-corrected chi connectivity index (χ1v) is 10.7. The molecular formula is C24H21NO4S. The molecule has 5 nitrogen and oxygen atoms in total. The fourth-order valence-corrected chi connectivity index (χ4v) is 3.82. The van der Waals surface area contributed by atoms with Crippen LogP contribution in [0.2, 0.25) is 0 Å². The maximum Gasteiger partial charge on any atom is 0.255 e. The van der Waals surface area contributed by atoms with Crippen molar-refractivity contribution >= 4 is 29.1 Å². The van der Waals surface area contributed by atoms with Crippen LogP contribution in [-0.2, 0) is 0 Å². The monoisotopic (exact) mass is 419 g/mol. The lowest BCUT2D eigenvalue weighted by atomic mass is 10.1. The summed E-state index contributed by atoms with van der Waals surface area (Å²) in [5.41, 5.74) is 1.84. The predicted molar refractivity (Wildman–Crippen MR) is 118 cm³/mol. The van der Waals surface area contributed by atoms with Gasteiger partial charge in [0.1, 0.15) is 0 Å². The number of thioether (sulfide) groups is 1. The summed E-state index contributed by atoms with van der Waals surface area (Å²) >= 11 is 1.46. The van der Waals surface area contributed by atoms with Crippen molar-refractivity contribution in [3.05, 3.63) is 83.9 Å². The smallest absolute Gasteiger partial charge is 0.255 e. The van der Waals surface area contributed by atoms with E-state index < -0.39 is 0 Å². The molecule has 3 aromatic rings. The van der Waals surface area contributed by atoms with Crippen LogP contribution < -0.4 is 14.8 Å². The van der Waals surface area contributed by atoms with Gasteiger partial charge in [-0.05, 0) is 54.6 Å². The largest absolute Gasteiger partial charge is 0.490 e. The highest BCUT2D eigenvalue weighted by Gasteiger charge is 2.13. The Morgan fingerprint density at radius 2 is 1.57 bits per heavy atom. The van der Waals surface area contributed by atoms with Crippen LogP contribution in [0, 0.1) is 0 Å². The maximum absolute atomic E-state index is 12.6. The molecule has 0 bridgehead atoms. The minimum absolute atomic E-state index is 0.0213. The lowest BCUT2D eigenvalue weighted by Crippen LogP contribution is -2.11. The summed E-state index contributed by atoms with van der Waals surface area (Å²) in [4.78, 5) is 25.7. The molecule has 0 aromatic heterocycles. The van der Waals surface area contributed by atoms with Crippen molar-refractivity contribution in [2.45, 2.75) is 11.3 Å². The van der Waals surface area contributed by atoms with E-state index in [1.165, 1.54) is 11.8 Å². The van der Waals surface area contributed by atoms with Crippen molar-refractivity contribution in [1.29, 1.82) is 0 Å². The molecule has 0 fully saturated rings. The summed E-state index contributed by atoms with van der Waals surface area (Å²) in [5, 5.41) is 2.84. The molecule has 152 valence electrons. The van der Waals surface area contributed by atoms with Gasteiger partial charge in [0.15, 0.2) is 17.3 Å². The van der Waals surface area contributed by atoms with Gasteiger partial charge in [0.05, 0.1) is 19.0 Å². The molecule has 6 heteroatoms. The first kappa shape index (κ1) is 20.0. The van der Waals surface area contributed by atoms with Crippen LogP contribution in [0.15, 0.2) is 77.7 Å². The molecule has 0 saturated carbocycles.